The van der Waals surface area contributed by atoms with Crippen LogP contribution in [0.3, 0.4) is 0 Å². The number of rotatable bonds is 1. The van der Waals surface area contributed by atoms with E-state index in [4.69, 9.17) is 4.74 Å². The molecule has 3 atom stereocenters. The molecule has 1 N–H and O–H groups in total. The summed E-state index contributed by atoms with van der Waals surface area (Å²) in [4.78, 5) is 0. The molecule has 1 fully saturated rings. The van der Waals surface area contributed by atoms with Crippen molar-refractivity contribution in [3.63, 3.8) is 0 Å². The fourth-order valence-electron chi connectivity index (χ4n) is 1.52. The molecule has 0 bridgehead atoms. The second-order valence-corrected chi connectivity index (χ2v) is 3.05. The van der Waals surface area contributed by atoms with Crippen LogP contribution in [0.5, 0.6) is 0 Å². The van der Waals surface area contributed by atoms with Gasteiger partial charge in [0.05, 0.1) is 18.8 Å². The van der Waals surface area contributed by atoms with E-state index in [-0.39, 0.29) is 6.10 Å². The second kappa shape index (κ2) is 2.36. The van der Waals surface area contributed by atoms with Crippen molar-refractivity contribution in [1.29, 1.82) is 0 Å². The molecule has 0 radical (unpaired) electrons. The average molecular weight is 140 g/mol. The van der Waals surface area contributed by atoms with E-state index in [1.165, 1.54) is 0 Å². The third-order valence-electron chi connectivity index (χ3n) is 2.28. The highest BCUT2D eigenvalue weighted by Gasteiger charge is 2.37. The van der Waals surface area contributed by atoms with Crippen molar-refractivity contribution in [3.05, 3.63) is 12.2 Å². The Bertz CT molecular complexity index is 149. The molecule has 2 heteroatoms. The van der Waals surface area contributed by atoms with Crippen LogP contribution < -0.4 is 0 Å². The van der Waals surface area contributed by atoms with Gasteiger partial charge in [-0.15, -0.1) is 0 Å². The number of allylic oxidation sites excluding steroid dienone is 1. The van der Waals surface area contributed by atoms with Gasteiger partial charge < -0.3 is 9.84 Å². The number of ether oxygens (including phenoxy) is 1. The van der Waals surface area contributed by atoms with Crippen molar-refractivity contribution in [1.82, 2.24) is 0 Å². The van der Waals surface area contributed by atoms with Gasteiger partial charge in [0.2, 0.25) is 0 Å². The lowest BCUT2D eigenvalue weighted by Crippen LogP contribution is -2.26. The van der Waals surface area contributed by atoms with Gasteiger partial charge in [-0.1, -0.05) is 12.2 Å². The Morgan fingerprint density at radius 2 is 2.00 bits per heavy atom. The number of aliphatic hydroxyl groups excluding tert-OH is 1. The summed E-state index contributed by atoms with van der Waals surface area (Å²) in [6, 6.07) is 0. The average Bonchev–Trinajstić information content (AvgIpc) is 2.71. The van der Waals surface area contributed by atoms with Crippen molar-refractivity contribution in [2.75, 3.05) is 6.61 Å². The van der Waals surface area contributed by atoms with E-state index >= 15 is 0 Å². The molecule has 0 saturated carbocycles. The molecular weight excluding hydrogens is 128 g/mol. The minimum atomic E-state index is -0.155. The fraction of sp³-hybridized carbons (Fsp3) is 0.750. The SMILES string of the molecule is OC1CC=CCC1C1CO1. The van der Waals surface area contributed by atoms with E-state index in [2.05, 4.69) is 6.08 Å². The predicted octanol–water partition coefficient (Wildman–Crippen LogP) is 0.712. The summed E-state index contributed by atoms with van der Waals surface area (Å²) < 4.78 is 5.12. The van der Waals surface area contributed by atoms with Gasteiger partial charge in [-0.25, -0.2) is 0 Å². The topological polar surface area (TPSA) is 32.8 Å². The first-order chi connectivity index (χ1) is 4.88. The van der Waals surface area contributed by atoms with Crippen molar-refractivity contribution in [2.45, 2.75) is 25.0 Å². The minimum absolute atomic E-state index is 0.155. The van der Waals surface area contributed by atoms with E-state index in [1.54, 1.807) is 0 Å². The molecular formula is C8H12O2. The predicted molar refractivity (Wildman–Crippen MR) is 37.6 cm³/mol. The van der Waals surface area contributed by atoms with Crippen LogP contribution in [0, 0.1) is 5.92 Å². The Hall–Kier alpha value is -0.340. The molecule has 1 saturated heterocycles. The van der Waals surface area contributed by atoms with Gasteiger partial charge in [0.1, 0.15) is 0 Å². The van der Waals surface area contributed by atoms with E-state index < -0.39 is 0 Å². The van der Waals surface area contributed by atoms with Crippen LogP contribution in [0.25, 0.3) is 0 Å². The third-order valence-corrected chi connectivity index (χ3v) is 2.28. The van der Waals surface area contributed by atoms with E-state index in [0.717, 1.165) is 19.4 Å². The van der Waals surface area contributed by atoms with Crippen LogP contribution in [0.1, 0.15) is 12.8 Å². The van der Waals surface area contributed by atoms with Crippen LogP contribution in [-0.4, -0.2) is 23.9 Å². The molecule has 2 rings (SSSR count). The molecule has 0 aromatic rings. The molecule has 1 aliphatic carbocycles. The first-order valence-corrected chi connectivity index (χ1v) is 3.82. The van der Waals surface area contributed by atoms with Gasteiger partial charge in [-0.05, 0) is 12.8 Å². The van der Waals surface area contributed by atoms with E-state index in [1.807, 2.05) is 6.08 Å². The molecule has 2 nitrogen and oxygen atoms in total. The molecule has 2 aliphatic rings. The fourth-order valence-corrected chi connectivity index (χ4v) is 1.52. The summed E-state index contributed by atoms with van der Waals surface area (Å²) in [5, 5.41) is 9.45. The summed E-state index contributed by atoms with van der Waals surface area (Å²) >= 11 is 0. The second-order valence-electron chi connectivity index (χ2n) is 3.05. The number of epoxide rings is 1. The molecule has 1 heterocycles. The Morgan fingerprint density at radius 1 is 1.30 bits per heavy atom. The van der Waals surface area contributed by atoms with Gasteiger partial charge >= 0.3 is 0 Å². The zero-order valence-corrected chi connectivity index (χ0v) is 5.86. The molecule has 56 valence electrons. The maximum Gasteiger partial charge on any atom is 0.0865 e. The van der Waals surface area contributed by atoms with Crippen molar-refractivity contribution in [2.24, 2.45) is 5.92 Å². The van der Waals surface area contributed by atoms with Gasteiger partial charge in [0.15, 0.2) is 0 Å². The van der Waals surface area contributed by atoms with E-state index in [0.29, 0.717) is 12.0 Å². The first-order valence-electron chi connectivity index (χ1n) is 3.82. The molecule has 10 heavy (non-hydrogen) atoms. The monoisotopic (exact) mass is 140 g/mol. The molecule has 0 spiro atoms. The highest BCUT2D eigenvalue weighted by Crippen LogP contribution is 2.30. The van der Waals surface area contributed by atoms with Crippen LogP contribution in [0.2, 0.25) is 0 Å². The number of hydrogen-bond acceptors (Lipinski definition) is 2. The molecule has 1 aliphatic heterocycles. The Kier molecular flexibility index (Phi) is 1.51. The lowest BCUT2D eigenvalue weighted by atomic mass is 9.89. The normalized spacial score (nSPS) is 45.5. The van der Waals surface area contributed by atoms with Gasteiger partial charge in [0, 0.05) is 5.92 Å². The molecule has 0 aromatic heterocycles. The lowest BCUT2D eigenvalue weighted by Gasteiger charge is -2.21. The van der Waals surface area contributed by atoms with Crippen LogP contribution in [-0.2, 0) is 4.74 Å². The first kappa shape index (κ1) is 6.38. The standard InChI is InChI=1S/C8H12O2/c9-7-4-2-1-3-6(7)8-5-10-8/h1-2,6-9H,3-5H2. The van der Waals surface area contributed by atoms with Gasteiger partial charge in [-0.3, -0.25) is 0 Å². The number of aliphatic hydroxyl groups is 1. The number of hydrogen-bond donors (Lipinski definition) is 1. The largest absolute Gasteiger partial charge is 0.392 e. The summed E-state index contributed by atoms with van der Waals surface area (Å²) in [7, 11) is 0. The summed E-state index contributed by atoms with van der Waals surface area (Å²) in [5.41, 5.74) is 0. The Morgan fingerprint density at radius 3 is 2.60 bits per heavy atom. The quantitative estimate of drug-likeness (QED) is 0.430. The summed E-state index contributed by atoms with van der Waals surface area (Å²) in [6.07, 6.45) is 6.19. The lowest BCUT2D eigenvalue weighted by molar-refractivity contribution is 0.0877. The highest BCUT2D eigenvalue weighted by molar-refractivity contribution is 4.99. The zero-order chi connectivity index (χ0) is 6.97. The maximum atomic E-state index is 9.45. The van der Waals surface area contributed by atoms with Crippen LogP contribution in [0.4, 0.5) is 0 Å². The Labute approximate surface area is 60.5 Å². The molecule has 0 amide bonds. The van der Waals surface area contributed by atoms with Gasteiger partial charge in [-0.2, -0.15) is 0 Å². The minimum Gasteiger partial charge on any atom is -0.392 e. The maximum absolute atomic E-state index is 9.45. The molecule has 0 aromatic carbocycles. The molecule has 3 unspecified atom stereocenters. The Balaban J connectivity index is 1.98. The zero-order valence-electron chi connectivity index (χ0n) is 5.86. The van der Waals surface area contributed by atoms with Gasteiger partial charge in [0.25, 0.3) is 0 Å². The highest BCUT2D eigenvalue weighted by atomic mass is 16.6. The van der Waals surface area contributed by atoms with Crippen molar-refractivity contribution < 1.29 is 9.84 Å². The van der Waals surface area contributed by atoms with Crippen molar-refractivity contribution in [3.8, 4) is 0 Å². The van der Waals surface area contributed by atoms with Crippen LogP contribution in [0.15, 0.2) is 12.2 Å². The van der Waals surface area contributed by atoms with Crippen LogP contribution >= 0.6 is 0 Å². The van der Waals surface area contributed by atoms with Crippen molar-refractivity contribution >= 4 is 0 Å². The smallest absolute Gasteiger partial charge is 0.0865 e. The third kappa shape index (κ3) is 1.09. The van der Waals surface area contributed by atoms with E-state index in [9.17, 15) is 5.11 Å². The summed E-state index contributed by atoms with van der Waals surface area (Å²) in [6.45, 7) is 0.857. The summed E-state index contributed by atoms with van der Waals surface area (Å²) in [5.74, 6) is 0.380.